The molecule has 2 unspecified atom stereocenters. The fraction of sp³-hybridized carbons (Fsp3) is 0.385. The molecule has 1 aliphatic rings. The van der Waals surface area contributed by atoms with Crippen LogP contribution in [0, 0.1) is 0 Å². The molecule has 4 rings (SSSR count). The van der Waals surface area contributed by atoms with Crippen molar-refractivity contribution in [3.05, 3.63) is 74.6 Å². The van der Waals surface area contributed by atoms with Crippen LogP contribution in [-0.2, 0) is 27.5 Å². The van der Waals surface area contributed by atoms with Crippen LogP contribution in [0.3, 0.4) is 0 Å². The number of rotatable bonds is 7. The molecule has 0 bridgehead atoms. The van der Waals surface area contributed by atoms with Gasteiger partial charge in [0, 0.05) is 9.86 Å². The molecule has 0 aliphatic heterocycles. The van der Waals surface area contributed by atoms with Gasteiger partial charge in [0.15, 0.2) is 0 Å². The molecule has 0 radical (unpaired) electrons. The van der Waals surface area contributed by atoms with Crippen LogP contribution in [0.4, 0.5) is 4.39 Å². The second kappa shape index (κ2) is 10.3. The van der Waals surface area contributed by atoms with E-state index in [4.69, 9.17) is 4.74 Å². The number of nitrogens with zero attached hydrogens (tertiary/aromatic N) is 2. The molecule has 9 heteroatoms. The lowest BCUT2D eigenvalue weighted by atomic mass is 10.00. The quantitative estimate of drug-likeness (QED) is 0.446. The lowest BCUT2D eigenvalue weighted by molar-refractivity contribution is -0.160. The van der Waals surface area contributed by atoms with Crippen molar-refractivity contribution < 1.29 is 18.7 Å². The minimum atomic E-state index is -2.32. The summed E-state index contributed by atoms with van der Waals surface area (Å²) < 4.78 is 22.8. The van der Waals surface area contributed by atoms with Crippen LogP contribution in [0.2, 0.25) is 0 Å². The molecule has 35 heavy (non-hydrogen) atoms. The van der Waals surface area contributed by atoms with Gasteiger partial charge in [0.2, 0.25) is 11.6 Å². The molecule has 1 heterocycles. The third-order valence-corrected chi connectivity index (χ3v) is 6.76. The number of nitrogens with one attached hydrogen (secondary N) is 1. The Labute approximate surface area is 210 Å². The van der Waals surface area contributed by atoms with Crippen LogP contribution in [-0.4, -0.2) is 33.4 Å². The van der Waals surface area contributed by atoms with Crippen molar-refractivity contribution in [1.82, 2.24) is 15.1 Å². The Balaban J connectivity index is 1.49. The van der Waals surface area contributed by atoms with Crippen molar-refractivity contribution >= 4 is 38.6 Å². The van der Waals surface area contributed by atoms with Gasteiger partial charge in [-0.25, -0.2) is 13.9 Å². The number of benzene rings is 2. The van der Waals surface area contributed by atoms with E-state index in [-0.39, 0.29) is 25.5 Å². The predicted octanol–water partition coefficient (Wildman–Crippen LogP) is 4.40. The number of halogens is 2. The minimum Gasteiger partial charge on any atom is -0.458 e. The highest BCUT2D eigenvalue weighted by molar-refractivity contribution is 9.10. The maximum atomic E-state index is 15.7. The Bertz CT molecular complexity index is 1310. The molecule has 7 nitrogen and oxygen atoms in total. The van der Waals surface area contributed by atoms with Gasteiger partial charge in [-0.3, -0.25) is 9.59 Å². The molecule has 1 aromatic heterocycles. The van der Waals surface area contributed by atoms with Gasteiger partial charge in [-0.1, -0.05) is 60.1 Å². The third kappa shape index (κ3) is 5.29. The molecule has 0 saturated heterocycles. The summed E-state index contributed by atoms with van der Waals surface area (Å²) in [4.78, 5) is 38.5. The molecule has 1 N–H and O–H groups in total. The Morgan fingerprint density at radius 2 is 1.97 bits per heavy atom. The molecule has 1 amide bonds. The fourth-order valence-electron chi connectivity index (χ4n) is 4.43. The standard InChI is InChI=1S/C26H27BrFN3O4/c1-16(2)23-20-13-18(27)10-11-19(20)24(33)31(30-23)14-22(32)29-21-9-6-12-26(21,28)25(34)35-15-17-7-4-3-5-8-17/h3-5,7-8,10-11,13,16,21H,6,9,12,14-15H2,1-2H3,(H,29,32). The molecule has 1 saturated carbocycles. The van der Waals surface area contributed by atoms with Gasteiger partial charge >= 0.3 is 5.97 Å². The normalized spacial score (nSPS) is 19.7. The van der Waals surface area contributed by atoms with Crippen LogP contribution in [0.15, 0.2) is 57.8 Å². The first-order valence-corrected chi connectivity index (χ1v) is 12.4. The third-order valence-electron chi connectivity index (χ3n) is 6.26. The summed E-state index contributed by atoms with van der Waals surface area (Å²) in [5.41, 5.74) is -1.30. The van der Waals surface area contributed by atoms with E-state index in [2.05, 4.69) is 26.3 Å². The van der Waals surface area contributed by atoms with Gasteiger partial charge in [0.25, 0.3) is 5.56 Å². The molecule has 2 aromatic carbocycles. The Morgan fingerprint density at radius 3 is 2.69 bits per heavy atom. The molecular formula is C26H27BrFN3O4. The lowest BCUT2D eigenvalue weighted by Crippen LogP contribution is -2.52. The number of hydrogen-bond acceptors (Lipinski definition) is 5. The van der Waals surface area contributed by atoms with Crippen LogP contribution < -0.4 is 10.9 Å². The molecule has 2 atom stereocenters. The van der Waals surface area contributed by atoms with Crippen molar-refractivity contribution in [3.63, 3.8) is 0 Å². The van der Waals surface area contributed by atoms with E-state index in [0.717, 1.165) is 20.1 Å². The van der Waals surface area contributed by atoms with Crippen LogP contribution >= 0.6 is 15.9 Å². The summed E-state index contributed by atoms with van der Waals surface area (Å²) in [6, 6.07) is 13.3. The predicted molar refractivity (Wildman–Crippen MR) is 134 cm³/mol. The van der Waals surface area contributed by atoms with E-state index in [1.54, 1.807) is 36.4 Å². The van der Waals surface area contributed by atoms with Crippen molar-refractivity contribution in [2.24, 2.45) is 0 Å². The van der Waals surface area contributed by atoms with Crippen molar-refractivity contribution in [2.45, 2.75) is 63.9 Å². The topological polar surface area (TPSA) is 90.3 Å². The summed E-state index contributed by atoms with van der Waals surface area (Å²) in [6.07, 6.45) is 0.697. The highest BCUT2D eigenvalue weighted by atomic mass is 79.9. The second-order valence-corrected chi connectivity index (χ2v) is 10.0. The van der Waals surface area contributed by atoms with Crippen LogP contribution in [0.5, 0.6) is 0 Å². The summed E-state index contributed by atoms with van der Waals surface area (Å²) >= 11 is 3.42. The average Bonchev–Trinajstić information content (AvgIpc) is 3.20. The van der Waals surface area contributed by atoms with E-state index in [1.165, 1.54) is 0 Å². The number of esters is 1. The summed E-state index contributed by atoms with van der Waals surface area (Å²) in [6.45, 7) is 3.48. The maximum Gasteiger partial charge on any atom is 0.346 e. The maximum absolute atomic E-state index is 15.7. The van der Waals surface area contributed by atoms with E-state index in [0.29, 0.717) is 23.9 Å². The van der Waals surface area contributed by atoms with E-state index < -0.39 is 29.1 Å². The summed E-state index contributed by atoms with van der Waals surface area (Å²) in [7, 11) is 0. The minimum absolute atomic E-state index is 0.00872. The summed E-state index contributed by atoms with van der Waals surface area (Å²) in [5.74, 6) is -1.57. The highest BCUT2D eigenvalue weighted by Crippen LogP contribution is 2.35. The Kier molecular flexibility index (Phi) is 7.35. The monoisotopic (exact) mass is 543 g/mol. The molecule has 0 spiro atoms. The van der Waals surface area contributed by atoms with Crippen LogP contribution in [0.25, 0.3) is 10.8 Å². The molecule has 1 aliphatic carbocycles. The Hall–Kier alpha value is -3.07. The number of alkyl halides is 1. The zero-order valence-corrected chi connectivity index (χ0v) is 21.2. The first-order chi connectivity index (χ1) is 16.7. The average molecular weight is 544 g/mol. The van der Waals surface area contributed by atoms with Gasteiger partial charge in [-0.15, -0.1) is 0 Å². The number of ether oxygens (including phenoxy) is 1. The van der Waals surface area contributed by atoms with Gasteiger partial charge in [0.1, 0.15) is 13.2 Å². The van der Waals surface area contributed by atoms with Crippen LogP contribution in [0.1, 0.15) is 50.3 Å². The smallest absolute Gasteiger partial charge is 0.346 e. The van der Waals surface area contributed by atoms with Crippen molar-refractivity contribution in [3.8, 4) is 0 Å². The number of amides is 1. The fourth-order valence-corrected chi connectivity index (χ4v) is 4.79. The van der Waals surface area contributed by atoms with E-state index >= 15 is 4.39 Å². The van der Waals surface area contributed by atoms with Crippen molar-refractivity contribution in [1.29, 1.82) is 0 Å². The molecule has 3 aromatic rings. The number of carbonyl (C=O) groups excluding carboxylic acids is 2. The van der Waals surface area contributed by atoms with E-state index in [9.17, 15) is 14.4 Å². The largest absolute Gasteiger partial charge is 0.458 e. The lowest BCUT2D eigenvalue weighted by Gasteiger charge is -2.26. The van der Waals surface area contributed by atoms with E-state index in [1.807, 2.05) is 26.0 Å². The Morgan fingerprint density at radius 1 is 1.23 bits per heavy atom. The number of fused-ring (bicyclic) bond motifs is 1. The number of aromatic nitrogens is 2. The zero-order chi connectivity index (χ0) is 25.2. The second-order valence-electron chi connectivity index (χ2n) is 9.13. The number of carbonyl (C=O) groups is 2. The first-order valence-electron chi connectivity index (χ1n) is 11.6. The molecule has 1 fully saturated rings. The van der Waals surface area contributed by atoms with Crippen molar-refractivity contribution in [2.75, 3.05) is 0 Å². The zero-order valence-electron chi connectivity index (χ0n) is 19.6. The highest BCUT2D eigenvalue weighted by Gasteiger charge is 2.52. The SMILES string of the molecule is CC(C)c1nn(CC(=O)NC2CCCC2(F)C(=O)OCc2ccccc2)c(=O)c2ccc(Br)cc12. The summed E-state index contributed by atoms with van der Waals surface area (Å²) in [5, 5.41) is 8.20. The van der Waals surface area contributed by atoms with Gasteiger partial charge < -0.3 is 10.1 Å². The first kappa shape index (κ1) is 25.0. The molecular weight excluding hydrogens is 517 g/mol. The number of hydrogen-bond donors (Lipinski definition) is 1. The van der Waals surface area contributed by atoms with Gasteiger partial charge in [-0.05, 0) is 48.9 Å². The van der Waals surface area contributed by atoms with Gasteiger partial charge in [0.05, 0.1) is 17.1 Å². The molecule has 184 valence electrons. The van der Waals surface area contributed by atoms with Gasteiger partial charge in [-0.2, -0.15) is 5.10 Å².